The van der Waals surface area contributed by atoms with Gasteiger partial charge in [0.1, 0.15) is 11.2 Å². The van der Waals surface area contributed by atoms with Crippen molar-refractivity contribution in [1.29, 1.82) is 0 Å². The summed E-state index contributed by atoms with van der Waals surface area (Å²) in [6.07, 6.45) is 1.89. The summed E-state index contributed by atoms with van der Waals surface area (Å²) in [6.45, 7) is 4.68. The first-order valence-corrected chi connectivity index (χ1v) is 44.4. The summed E-state index contributed by atoms with van der Waals surface area (Å²) in [4.78, 5) is 19.5. The van der Waals surface area contributed by atoms with Crippen LogP contribution in [0.2, 0.25) is 0 Å². The van der Waals surface area contributed by atoms with Gasteiger partial charge in [-0.2, -0.15) is 0 Å². The minimum atomic E-state index is -0.0726. The van der Waals surface area contributed by atoms with Gasteiger partial charge in [-0.05, 0) is 170 Å². The molecule has 1 aliphatic rings. The maximum atomic E-state index is 6.24. The van der Waals surface area contributed by atoms with E-state index in [1.165, 1.54) is 148 Å². The van der Waals surface area contributed by atoms with Crippen molar-refractivity contribution in [2.75, 3.05) is 0 Å². The van der Waals surface area contributed by atoms with E-state index in [2.05, 4.69) is 402 Å². The largest absolute Gasteiger partial charge is 0.456 e. The second kappa shape index (κ2) is 30.6. The van der Waals surface area contributed by atoms with Crippen LogP contribution < -0.4 is 0 Å². The molecule has 0 N–H and O–H groups in total. The minimum Gasteiger partial charge on any atom is -0.456 e. The minimum absolute atomic E-state index is 0.0726. The number of nitrogens with zero attached hydrogens (tertiary/aromatic N) is 8. The molecule has 0 saturated carbocycles. The highest BCUT2D eigenvalue weighted by Crippen LogP contribution is 2.54. The number of fused-ring (bicyclic) bond motifs is 23. The van der Waals surface area contributed by atoms with Crippen LogP contribution in [-0.4, -0.2) is 38.2 Å². The average molecular weight is 1660 g/mol. The van der Waals surface area contributed by atoms with Gasteiger partial charge in [0.25, 0.3) is 0 Å². The molecule has 1 aliphatic carbocycles. The van der Waals surface area contributed by atoms with Crippen LogP contribution in [-0.2, 0) is 5.41 Å². The van der Waals surface area contributed by atoms with Crippen molar-refractivity contribution in [1.82, 2.24) is 38.2 Å². The summed E-state index contributed by atoms with van der Waals surface area (Å²) in [5, 5.41) is 17.2. The molecule has 19 aromatic carbocycles. The average Bonchev–Trinajstić information content (AvgIpc) is 1.55. The van der Waals surface area contributed by atoms with Gasteiger partial charge in [-0.3, -0.25) is 4.98 Å². The zero-order valence-electron chi connectivity index (χ0n) is 71.2. The van der Waals surface area contributed by atoms with E-state index in [-0.39, 0.29) is 5.41 Å². The zero-order valence-corrected chi connectivity index (χ0v) is 71.2. The van der Waals surface area contributed by atoms with Gasteiger partial charge in [0.15, 0.2) is 17.5 Å². The maximum Gasteiger partial charge on any atom is 0.164 e. The van der Waals surface area contributed by atoms with Gasteiger partial charge in [0, 0.05) is 116 Å². The SMILES string of the molecule is CC1(C)c2ccccc2-c2c1ccc1c3ccccc3n(-c3ccc(-c4nc(-c5ccccc5)nc(-c5ccccc5)n4)cc3)c21.c1ccc(-c2ccc(-n3c4ccccc4c4ccc5c(c6ccccc6n5-c5ccc(-c6cccc7ccccc67)cc5)c43)cc2)cc1.c1ccc2c(-c3ccc(-n4c5ccccc5c5ccc6oc7ccccc7c6c54)cc3)nccc2c1. The molecule has 9 heteroatoms. The molecule has 130 heavy (non-hydrogen) atoms. The Hall–Kier alpha value is -17.1. The number of hydrogen-bond donors (Lipinski definition) is 0. The molecule has 0 radical (unpaired) electrons. The summed E-state index contributed by atoms with van der Waals surface area (Å²) in [6, 6.07) is 158. The highest BCUT2D eigenvalue weighted by molar-refractivity contribution is 6.27. The Labute approximate surface area is 749 Å². The first-order chi connectivity index (χ1) is 64.3. The van der Waals surface area contributed by atoms with Gasteiger partial charge in [-0.25, -0.2) is 15.0 Å². The fourth-order valence-electron chi connectivity index (χ4n) is 20.6. The standard InChI is InChI=1S/C46H30N2.C42H30N4.C33H20N2O/c1-2-11-31(12-3-1)32-21-25-36(26-22-32)48-42-19-8-6-16-39(42)40-29-30-44-45(46(40)48)41-17-7-9-20-43(41)47(44)35-27-23-34(24-28-35)38-18-10-14-33-13-4-5-15-37(33)38;1-42(2)34-19-11-9-18-33(34)37-35(42)26-25-32-31-17-10-12-20-36(31)46(38(32)37)30-23-21-29(22-24-30)41-44-39(27-13-5-3-6-14-27)43-40(45-41)28-15-7-4-8-16-28;1-2-8-24-21(7-1)19-20-34-32(24)22-13-15-23(16-14-22)35-28-11-5-3-9-25(28)26-17-18-30-31(33(26)35)27-10-4-6-12-29(27)36-30/h1-30H;3-26H,1-2H3;1-20H. The Morgan fingerprint density at radius 3 is 1.21 bits per heavy atom. The molecule has 0 amide bonds. The van der Waals surface area contributed by atoms with Crippen LogP contribution in [0.25, 0.3) is 232 Å². The number of hydrogen-bond acceptors (Lipinski definition) is 5. The molecule has 7 heterocycles. The van der Waals surface area contributed by atoms with Crippen LogP contribution in [0.1, 0.15) is 25.0 Å². The third-order valence-electron chi connectivity index (χ3n) is 26.6. The van der Waals surface area contributed by atoms with Crippen molar-refractivity contribution in [2.45, 2.75) is 19.3 Å². The van der Waals surface area contributed by atoms with E-state index in [0.29, 0.717) is 17.5 Å². The van der Waals surface area contributed by atoms with Crippen molar-refractivity contribution in [2.24, 2.45) is 0 Å². The summed E-state index contributed by atoms with van der Waals surface area (Å²) in [7, 11) is 0. The fourth-order valence-corrected chi connectivity index (χ4v) is 20.6. The lowest BCUT2D eigenvalue weighted by molar-refractivity contribution is 0.661. The predicted molar refractivity (Wildman–Crippen MR) is 540 cm³/mol. The topological polar surface area (TPSA) is 84.4 Å². The number of pyridine rings is 1. The van der Waals surface area contributed by atoms with Crippen molar-refractivity contribution in [3.8, 4) is 102 Å². The Bertz CT molecular complexity index is 8900. The lowest BCUT2D eigenvalue weighted by Gasteiger charge is -2.21. The summed E-state index contributed by atoms with van der Waals surface area (Å²) in [5.74, 6) is 1.97. The third kappa shape index (κ3) is 12.3. The molecule has 0 aliphatic heterocycles. The molecule has 0 unspecified atom stereocenters. The Morgan fingerprint density at radius 2 is 0.615 bits per heavy atom. The molecule has 0 fully saturated rings. The van der Waals surface area contributed by atoms with E-state index in [1.807, 2.05) is 79.0 Å². The maximum absolute atomic E-state index is 6.24. The van der Waals surface area contributed by atoms with Crippen molar-refractivity contribution >= 4 is 131 Å². The highest BCUT2D eigenvalue weighted by atomic mass is 16.3. The van der Waals surface area contributed by atoms with Gasteiger partial charge in [-0.15, -0.1) is 0 Å². The van der Waals surface area contributed by atoms with Crippen molar-refractivity contribution in [3.05, 3.63) is 460 Å². The Morgan fingerprint density at radius 1 is 0.223 bits per heavy atom. The van der Waals surface area contributed by atoms with Crippen LogP contribution in [0.3, 0.4) is 0 Å². The summed E-state index contributed by atoms with van der Waals surface area (Å²) < 4.78 is 15.9. The molecule has 0 spiro atoms. The highest BCUT2D eigenvalue weighted by Gasteiger charge is 2.38. The van der Waals surface area contributed by atoms with E-state index in [0.717, 1.165) is 78.0 Å². The molecular formula is C121H80N8O. The van der Waals surface area contributed by atoms with Gasteiger partial charge >= 0.3 is 0 Å². The second-order valence-electron chi connectivity index (χ2n) is 34.3. The Balaban J connectivity index is 0.000000106. The van der Waals surface area contributed by atoms with Gasteiger partial charge in [0.2, 0.25) is 0 Å². The van der Waals surface area contributed by atoms with E-state index < -0.39 is 0 Å². The smallest absolute Gasteiger partial charge is 0.164 e. The number of benzene rings is 19. The third-order valence-corrected chi connectivity index (χ3v) is 26.6. The molecular weight excluding hydrogens is 1580 g/mol. The molecule has 9 nitrogen and oxygen atoms in total. The van der Waals surface area contributed by atoms with Crippen LogP contribution in [0.15, 0.2) is 453 Å². The molecule has 610 valence electrons. The van der Waals surface area contributed by atoms with Crippen LogP contribution in [0.4, 0.5) is 0 Å². The number of aromatic nitrogens is 8. The fraction of sp³-hybridized carbons (Fsp3) is 0.0248. The van der Waals surface area contributed by atoms with Crippen LogP contribution in [0.5, 0.6) is 0 Å². The number of rotatable bonds is 10. The molecule has 0 bridgehead atoms. The van der Waals surface area contributed by atoms with Crippen molar-refractivity contribution < 1.29 is 4.42 Å². The second-order valence-corrected chi connectivity index (χ2v) is 34.3. The Kier molecular flexibility index (Phi) is 17.8. The van der Waals surface area contributed by atoms with E-state index in [1.54, 1.807) is 0 Å². The van der Waals surface area contributed by atoms with E-state index in [4.69, 9.17) is 24.4 Å². The molecule has 26 aromatic rings. The quantitative estimate of drug-likeness (QED) is 0.136. The van der Waals surface area contributed by atoms with E-state index >= 15 is 0 Å². The number of furan rings is 1. The monoisotopic (exact) mass is 1660 g/mol. The lowest BCUT2D eigenvalue weighted by Crippen LogP contribution is -2.14. The normalized spacial score (nSPS) is 12.3. The number of para-hydroxylation sites is 5. The van der Waals surface area contributed by atoms with Crippen molar-refractivity contribution in [3.63, 3.8) is 0 Å². The lowest BCUT2D eigenvalue weighted by atomic mass is 9.82. The molecule has 7 aromatic heterocycles. The molecule has 0 saturated heterocycles. The summed E-state index contributed by atoms with van der Waals surface area (Å²) in [5.41, 5.74) is 31.2. The predicted octanol–water partition coefficient (Wildman–Crippen LogP) is 31.5. The molecule has 27 rings (SSSR count). The van der Waals surface area contributed by atoms with E-state index in [9.17, 15) is 0 Å². The summed E-state index contributed by atoms with van der Waals surface area (Å²) >= 11 is 0. The first kappa shape index (κ1) is 75.4. The zero-order chi connectivity index (χ0) is 86.1. The first-order valence-electron chi connectivity index (χ1n) is 44.4. The van der Waals surface area contributed by atoms with Gasteiger partial charge < -0.3 is 22.7 Å². The van der Waals surface area contributed by atoms with Gasteiger partial charge in [0.05, 0.1) is 55.2 Å². The van der Waals surface area contributed by atoms with Gasteiger partial charge in [-0.1, -0.05) is 341 Å². The van der Waals surface area contributed by atoms with Crippen LogP contribution in [0, 0.1) is 0 Å². The molecule has 0 atom stereocenters. The van der Waals surface area contributed by atoms with Crippen LogP contribution >= 0.6 is 0 Å².